The summed E-state index contributed by atoms with van der Waals surface area (Å²) in [7, 11) is 1.66. The second kappa shape index (κ2) is 10.3. The number of fused-ring (bicyclic) bond motifs is 1. The van der Waals surface area contributed by atoms with E-state index in [1.165, 1.54) is 0 Å². The average molecular weight is 503 g/mol. The van der Waals surface area contributed by atoms with Crippen LogP contribution in [0.3, 0.4) is 0 Å². The maximum atomic E-state index is 14.4. The first-order valence-corrected chi connectivity index (χ1v) is 12.3. The van der Waals surface area contributed by atoms with E-state index in [1.807, 2.05) is 10.6 Å². The van der Waals surface area contributed by atoms with Crippen LogP contribution < -0.4 is 16.0 Å². The predicted octanol–water partition coefficient (Wildman–Crippen LogP) is 4.66. The largest absolute Gasteiger partial charge is 0.381 e. The number of halogens is 3. The van der Waals surface area contributed by atoms with E-state index in [0.717, 1.165) is 31.2 Å². The Morgan fingerprint density at radius 2 is 1.72 bits per heavy atom. The quantitative estimate of drug-likeness (QED) is 0.454. The Bertz CT molecular complexity index is 1230. The van der Waals surface area contributed by atoms with Gasteiger partial charge in [0, 0.05) is 56.5 Å². The third kappa shape index (κ3) is 4.97. The van der Waals surface area contributed by atoms with Gasteiger partial charge in [0.1, 0.15) is 22.8 Å². The number of aromatic nitrogens is 3. The summed E-state index contributed by atoms with van der Waals surface area (Å²) in [5.74, 6) is -2.01. The van der Waals surface area contributed by atoms with Crippen LogP contribution in [0, 0.1) is 23.4 Å². The lowest BCUT2D eigenvalue weighted by Crippen LogP contribution is -2.34. The molecule has 192 valence electrons. The fraction of sp³-hybridized carbons (Fsp3) is 0.480. The number of anilines is 3. The molecule has 0 radical (unpaired) electrons. The molecule has 2 aliphatic rings. The van der Waals surface area contributed by atoms with Crippen LogP contribution in [0.1, 0.15) is 44.6 Å². The minimum atomic E-state index is -1.04. The van der Waals surface area contributed by atoms with Gasteiger partial charge in [-0.3, -0.25) is 4.79 Å². The average Bonchev–Trinajstić information content (AvgIpc) is 3.24. The van der Waals surface area contributed by atoms with Crippen molar-refractivity contribution in [2.75, 3.05) is 30.9 Å². The molecule has 0 unspecified atom stereocenters. The van der Waals surface area contributed by atoms with E-state index in [2.05, 4.69) is 25.9 Å². The highest BCUT2D eigenvalue weighted by Gasteiger charge is 2.27. The first-order valence-electron chi connectivity index (χ1n) is 12.3. The lowest BCUT2D eigenvalue weighted by Gasteiger charge is -2.28. The number of rotatable bonds is 6. The SMILES string of the molecule is CNC(=O)C1CCC(Nc2cc3c(cn2)nc(Nc2c(F)cc(F)cc2F)n3C2CCOCC2)CC1. The molecule has 1 saturated heterocycles. The van der Waals surface area contributed by atoms with Gasteiger partial charge in [-0.05, 0) is 38.5 Å². The monoisotopic (exact) mass is 502 g/mol. The number of pyridine rings is 1. The summed E-state index contributed by atoms with van der Waals surface area (Å²) < 4.78 is 49.7. The van der Waals surface area contributed by atoms with Gasteiger partial charge in [0.05, 0.1) is 11.7 Å². The van der Waals surface area contributed by atoms with Crippen molar-refractivity contribution in [2.45, 2.75) is 50.6 Å². The van der Waals surface area contributed by atoms with Crippen molar-refractivity contribution in [3.63, 3.8) is 0 Å². The number of nitrogens with zero attached hydrogens (tertiary/aromatic N) is 3. The maximum Gasteiger partial charge on any atom is 0.222 e. The van der Waals surface area contributed by atoms with Crippen molar-refractivity contribution in [1.29, 1.82) is 0 Å². The zero-order valence-electron chi connectivity index (χ0n) is 20.0. The molecule has 1 aliphatic carbocycles. The van der Waals surface area contributed by atoms with Gasteiger partial charge in [-0.2, -0.15) is 0 Å². The van der Waals surface area contributed by atoms with E-state index in [9.17, 15) is 18.0 Å². The van der Waals surface area contributed by atoms with Gasteiger partial charge in [0.2, 0.25) is 11.9 Å². The summed E-state index contributed by atoms with van der Waals surface area (Å²) in [5, 5.41) is 8.95. The molecular formula is C25H29F3N6O2. The molecule has 2 aromatic heterocycles. The fourth-order valence-electron chi connectivity index (χ4n) is 5.17. The third-order valence-corrected chi connectivity index (χ3v) is 7.07. The van der Waals surface area contributed by atoms with Crippen LogP contribution in [0.2, 0.25) is 0 Å². The Hall–Kier alpha value is -3.34. The summed E-state index contributed by atoms with van der Waals surface area (Å²) in [4.78, 5) is 21.0. The molecule has 1 aromatic carbocycles. The first kappa shape index (κ1) is 24.4. The number of imidazole rings is 1. The molecule has 0 bridgehead atoms. The van der Waals surface area contributed by atoms with E-state index in [0.29, 0.717) is 49.5 Å². The Labute approximate surface area is 206 Å². The number of benzene rings is 1. The smallest absolute Gasteiger partial charge is 0.222 e. The molecule has 0 spiro atoms. The second-order valence-electron chi connectivity index (χ2n) is 9.38. The molecule has 3 heterocycles. The number of hydrogen-bond donors (Lipinski definition) is 3. The Balaban J connectivity index is 1.44. The molecule has 1 aliphatic heterocycles. The lowest BCUT2D eigenvalue weighted by atomic mass is 9.85. The second-order valence-corrected chi connectivity index (χ2v) is 9.38. The highest BCUT2D eigenvalue weighted by atomic mass is 19.1. The zero-order valence-corrected chi connectivity index (χ0v) is 20.0. The summed E-state index contributed by atoms with van der Waals surface area (Å²) >= 11 is 0. The van der Waals surface area contributed by atoms with Crippen LogP contribution in [0.15, 0.2) is 24.4 Å². The van der Waals surface area contributed by atoms with Crippen molar-refractivity contribution in [2.24, 2.45) is 5.92 Å². The van der Waals surface area contributed by atoms with Gasteiger partial charge in [-0.15, -0.1) is 0 Å². The normalized spacial score (nSPS) is 20.9. The molecule has 3 aromatic rings. The van der Waals surface area contributed by atoms with Gasteiger partial charge in [-0.25, -0.2) is 23.1 Å². The highest BCUT2D eigenvalue weighted by molar-refractivity contribution is 5.82. The number of carbonyl (C=O) groups is 1. The van der Waals surface area contributed by atoms with E-state index >= 15 is 0 Å². The summed E-state index contributed by atoms with van der Waals surface area (Å²) in [5.41, 5.74) is 0.879. The van der Waals surface area contributed by atoms with Gasteiger partial charge in [0.25, 0.3) is 0 Å². The molecule has 2 fully saturated rings. The molecule has 1 amide bonds. The molecule has 3 N–H and O–H groups in total. The Morgan fingerprint density at radius 3 is 2.39 bits per heavy atom. The summed E-state index contributed by atoms with van der Waals surface area (Å²) in [6.45, 7) is 1.13. The van der Waals surface area contributed by atoms with Gasteiger partial charge in [-0.1, -0.05) is 0 Å². The van der Waals surface area contributed by atoms with Crippen LogP contribution in [0.25, 0.3) is 11.0 Å². The molecule has 1 saturated carbocycles. The fourth-order valence-corrected chi connectivity index (χ4v) is 5.17. The van der Waals surface area contributed by atoms with Crippen LogP contribution in [0.5, 0.6) is 0 Å². The summed E-state index contributed by atoms with van der Waals surface area (Å²) in [6, 6.07) is 3.35. The number of amides is 1. The number of carbonyl (C=O) groups excluding carboxylic acids is 1. The number of ether oxygens (including phenoxy) is 1. The molecule has 11 heteroatoms. The standard InChI is InChI=1S/C25H29F3N6O2/c1-29-24(35)14-2-4-16(5-3-14)31-22-12-21-20(13-30-22)32-25(34(21)17-6-8-36-9-7-17)33-23-18(27)10-15(26)11-19(23)28/h10-14,16-17H,2-9H2,1H3,(H,29,35)(H,30,31)(H,32,33). The Kier molecular flexibility index (Phi) is 6.99. The predicted molar refractivity (Wildman–Crippen MR) is 130 cm³/mol. The number of nitrogens with one attached hydrogen (secondary N) is 3. The molecular weight excluding hydrogens is 473 g/mol. The van der Waals surface area contributed by atoms with Gasteiger partial charge >= 0.3 is 0 Å². The van der Waals surface area contributed by atoms with Crippen molar-refractivity contribution in [1.82, 2.24) is 19.9 Å². The summed E-state index contributed by atoms with van der Waals surface area (Å²) in [6.07, 6.45) is 6.38. The van der Waals surface area contributed by atoms with Crippen LogP contribution in [-0.4, -0.2) is 46.7 Å². The third-order valence-electron chi connectivity index (χ3n) is 7.07. The minimum Gasteiger partial charge on any atom is -0.381 e. The zero-order chi connectivity index (χ0) is 25.2. The number of hydrogen-bond acceptors (Lipinski definition) is 6. The van der Waals surface area contributed by atoms with E-state index < -0.39 is 23.1 Å². The van der Waals surface area contributed by atoms with E-state index in [-0.39, 0.29) is 29.9 Å². The first-order chi connectivity index (χ1) is 17.4. The lowest BCUT2D eigenvalue weighted by molar-refractivity contribution is -0.125. The van der Waals surface area contributed by atoms with Crippen molar-refractivity contribution < 1.29 is 22.7 Å². The highest BCUT2D eigenvalue weighted by Crippen LogP contribution is 2.34. The van der Waals surface area contributed by atoms with Crippen LogP contribution in [0.4, 0.5) is 30.6 Å². The topological polar surface area (TPSA) is 93.1 Å². The van der Waals surface area contributed by atoms with Crippen molar-refractivity contribution >= 4 is 34.4 Å². The molecule has 8 nitrogen and oxygen atoms in total. The minimum absolute atomic E-state index is 0.00364. The molecule has 0 atom stereocenters. The van der Waals surface area contributed by atoms with E-state index in [1.54, 1.807) is 13.2 Å². The van der Waals surface area contributed by atoms with Crippen molar-refractivity contribution in [3.8, 4) is 0 Å². The van der Waals surface area contributed by atoms with Crippen LogP contribution in [-0.2, 0) is 9.53 Å². The van der Waals surface area contributed by atoms with Gasteiger partial charge in [0.15, 0.2) is 11.6 Å². The molecule has 5 rings (SSSR count). The van der Waals surface area contributed by atoms with Crippen molar-refractivity contribution in [3.05, 3.63) is 41.8 Å². The van der Waals surface area contributed by atoms with E-state index in [4.69, 9.17) is 4.74 Å². The maximum absolute atomic E-state index is 14.4. The molecule has 36 heavy (non-hydrogen) atoms. The Morgan fingerprint density at radius 1 is 1.03 bits per heavy atom. The van der Waals surface area contributed by atoms with Crippen LogP contribution >= 0.6 is 0 Å². The van der Waals surface area contributed by atoms with Gasteiger partial charge < -0.3 is 25.3 Å².